The molecule has 1 nitrogen and oxygen atoms in total. The first-order valence-corrected chi connectivity index (χ1v) is 12.9. The number of benzene rings is 5. The lowest BCUT2D eigenvalue weighted by Gasteiger charge is -2.21. The van der Waals surface area contributed by atoms with Crippen molar-refractivity contribution in [1.29, 1.82) is 0 Å². The van der Waals surface area contributed by atoms with Gasteiger partial charge in [0.15, 0.2) is 0 Å². The van der Waals surface area contributed by atoms with E-state index >= 15 is 0 Å². The first-order chi connectivity index (χ1) is 18.0. The van der Waals surface area contributed by atoms with Gasteiger partial charge in [-0.2, -0.15) is 0 Å². The summed E-state index contributed by atoms with van der Waals surface area (Å²) in [4.78, 5) is 0. The lowest BCUT2D eigenvalue weighted by Crippen LogP contribution is -2.11. The smallest absolute Gasteiger partial charge is 0.143 e. The van der Waals surface area contributed by atoms with Crippen molar-refractivity contribution in [3.63, 3.8) is 0 Å². The van der Waals surface area contributed by atoms with Crippen LogP contribution in [0.1, 0.15) is 26.3 Å². The van der Waals surface area contributed by atoms with Crippen LogP contribution in [0.2, 0.25) is 0 Å². The van der Waals surface area contributed by atoms with Crippen LogP contribution in [-0.2, 0) is 5.41 Å². The van der Waals surface area contributed by atoms with Gasteiger partial charge in [0.2, 0.25) is 0 Å². The van der Waals surface area contributed by atoms with Crippen molar-refractivity contribution in [2.45, 2.75) is 26.2 Å². The highest BCUT2D eigenvalue weighted by molar-refractivity contribution is 6.06. The minimum Gasteiger partial charge on any atom is -0.455 e. The number of furan rings is 1. The Kier molecular flexibility index (Phi) is 5.77. The summed E-state index contributed by atoms with van der Waals surface area (Å²) < 4.78 is 6.93. The van der Waals surface area contributed by atoms with Crippen molar-refractivity contribution >= 4 is 10.8 Å². The van der Waals surface area contributed by atoms with Crippen molar-refractivity contribution in [1.82, 2.24) is 0 Å². The van der Waals surface area contributed by atoms with E-state index in [-0.39, 0.29) is 5.41 Å². The average Bonchev–Trinajstić information content (AvgIpc) is 3.33. The second kappa shape index (κ2) is 9.26. The van der Waals surface area contributed by atoms with Crippen molar-refractivity contribution in [3.8, 4) is 44.9 Å². The van der Waals surface area contributed by atoms with Gasteiger partial charge in [-0.3, -0.25) is 0 Å². The molecule has 0 radical (unpaired) electrons. The van der Waals surface area contributed by atoms with E-state index in [0.717, 1.165) is 33.4 Å². The summed E-state index contributed by atoms with van der Waals surface area (Å²) in [5, 5.41) is 2.25. The monoisotopic (exact) mass is 478 g/mol. The molecule has 0 atom stereocenters. The van der Waals surface area contributed by atoms with Gasteiger partial charge in [0, 0.05) is 21.9 Å². The fraction of sp³-hybridized carbons (Fsp3) is 0.111. The molecule has 5 aromatic carbocycles. The molecule has 0 saturated heterocycles. The number of hydrogen-bond acceptors (Lipinski definition) is 1. The van der Waals surface area contributed by atoms with Gasteiger partial charge in [-0.25, -0.2) is 0 Å². The Hall–Kier alpha value is -4.36. The van der Waals surface area contributed by atoms with Crippen LogP contribution >= 0.6 is 0 Å². The summed E-state index contributed by atoms with van der Waals surface area (Å²) in [6, 6.07) is 45.1. The predicted octanol–water partition coefficient (Wildman–Crippen LogP) is 10.4. The summed E-state index contributed by atoms with van der Waals surface area (Å²) in [5.74, 6) is 1.82. The summed E-state index contributed by atoms with van der Waals surface area (Å²) in [6.45, 7) is 6.78. The van der Waals surface area contributed by atoms with Gasteiger partial charge in [-0.1, -0.05) is 142 Å². The van der Waals surface area contributed by atoms with Gasteiger partial charge >= 0.3 is 0 Å². The third-order valence-electron chi connectivity index (χ3n) is 7.09. The zero-order valence-corrected chi connectivity index (χ0v) is 21.5. The maximum absolute atomic E-state index is 6.93. The van der Waals surface area contributed by atoms with Crippen molar-refractivity contribution in [3.05, 3.63) is 133 Å². The third kappa shape index (κ3) is 4.27. The van der Waals surface area contributed by atoms with E-state index < -0.39 is 0 Å². The topological polar surface area (TPSA) is 13.1 Å². The second-order valence-corrected chi connectivity index (χ2v) is 10.6. The average molecular weight is 479 g/mol. The molecule has 0 aliphatic heterocycles. The van der Waals surface area contributed by atoms with Gasteiger partial charge in [0.1, 0.15) is 11.5 Å². The first kappa shape index (κ1) is 23.1. The molecule has 0 unspecified atom stereocenters. The summed E-state index contributed by atoms with van der Waals surface area (Å²) >= 11 is 0. The van der Waals surface area contributed by atoms with E-state index in [1.165, 1.54) is 27.8 Å². The van der Waals surface area contributed by atoms with Crippen LogP contribution < -0.4 is 0 Å². The van der Waals surface area contributed by atoms with Crippen molar-refractivity contribution in [2.24, 2.45) is 0 Å². The molecule has 1 heteroatoms. The third-order valence-corrected chi connectivity index (χ3v) is 7.09. The van der Waals surface area contributed by atoms with E-state index in [4.69, 9.17) is 4.42 Å². The van der Waals surface area contributed by atoms with Crippen LogP contribution in [-0.4, -0.2) is 0 Å². The molecule has 1 heterocycles. The van der Waals surface area contributed by atoms with Crippen LogP contribution in [0.25, 0.3) is 55.7 Å². The molecule has 0 aliphatic carbocycles. The fourth-order valence-electron chi connectivity index (χ4n) is 5.11. The fourth-order valence-corrected chi connectivity index (χ4v) is 5.11. The van der Waals surface area contributed by atoms with Gasteiger partial charge in [-0.05, 0) is 39.3 Å². The Balaban J connectivity index is 1.64. The van der Waals surface area contributed by atoms with E-state index in [2.05, 4.69) is 148 Å². The van der Waals surface area contributed by atoms with Crippen LogP contribution in [0.4, 0.5) is 0 Å². The molecule has 1 aromatic heterocycles. The first-order valence-electron chi connectivity index (χ1n) is 12.9. The Morgan fingerprint density at radius 3 is 1.46 bits per heavy atom. The molecule has 37 heavy (non-hydrogen) atoms. The highest BCUT2D eigenvalue weighted by Crippen LogP contribution is 2.45. The Morgan fingerprint density at radius 2 is 0.892 bits per heavy atom. The van der Waals surface area contributed by atoms with E-state index in [1.807, 2.05) is 0 Å². The predicted molar refractivity (Wildman–Crippen MR) is 157 cm³/mol. The normalized spacial score (nSPS) is 11.6. The van der Waals surface area contributed by atoms with Crippen LogP contribution in [0.15, 0.2) is 132 Å². The van der Waals surface area contributed by atoms with Crippen LogP contribution in [0.5, 0.6) is 0 Å². The number of hydrogen-bond donors (Lipinski definition) is 0. The van der Waals surface area contributed by atoms with Gasteiger partial charge < -0.3 is 4.42 Å². The molecule has 0 saturated carbocycles. The Bertz CT molecular complexity index is 1680. The molecule has 0 fully saturated rings. The van der Waals surface area contributed by atoms with Crippen molar-refractivity contribution in [2.75, 3.05) is 0 Å². The molecule has 6 aromatic rings. The van der Waals surface area contributed by atoms with Gasteiger partial charge in [0.05, 0.1) is 0 Å². The summed E-state index contributed by atoms with van der Waals surface area (Å²) in [7, 11) is 0. The number of fused-ring (bicyclic) bond motifs is 1. The number of rotatable bonds is 4. The molecule has 0 aliphatic rings. The Morgan fingerprint density at radius 1 is 0.432 bits per heavy atom. The van der Waals surface area contributed by atoms with E-state index in [1.54, 1.807) is 0 Å². The summed E-state index contributed by atoms with van der Waals surface area (Å²) in [6.07, 6.45) is 0. The molecular formula is C36H30O. The molecule has 0 amide bonds. The standard InChI is InChI=1S/C36H30O/c1-36(2,3)27-22-23-29(26-16-8-5-9-17-26)33(24-27)35-32-21-13-12-20-31(32)34(37-35)30-19-11-10-18-28(30)25-14-6-4-7-15-25/h4-24H,1-3H3. The lowest BCUT2D eigenvalue weighted by atomic mass is 9.83. The maximum Gasteiger partial charge on any atom is 0.143 e. The second-order valence-electron chi connectivity index (χ2n) is 10.6. The highest BCUT2D eigenvalue weighted by atomic mass is 16.3. The van der Waals surface area contributed by atoms with Crippen LogP contribution in [0, 0.1) is 0 Å². The highest BCUT2D eigenvalue weighted by Gasteiger charge is 2.23. The maximum atomic E-state index is 6.93. The zero-order valence-electron chi connectivity index (χ0n) is 21.5. The van der Waals surface area contributed by atoms with E-state index in [9.17, 15) is 0 Å². The molecule has 180 valence electrons. The Labute approximate surface area is 219 Å². The summed E-state index contributed by atoms with van der Waals surface area (Å²) in [5.41, 5.74) is 8.24. The zero-order chi connectivity index (χ0) is 25.4. The van der Waals surface area contributed by atoms with Crippen LogP contribution in [0.3, 0.4) is 0 Å². The molecule has 0 spiro atoms. The minimum atomic E-state index is 0.0229. The molecule has 6 rings (SSSR count). The minimum absolute atomic E-state index is 0.0229. The molecule has 0 N–H and O–H groups in total. The van der Waals surface area contributed by atoms with Gasteiger partial charge in [-0.15, -0.1) is 0 Å². The lowest BCUT2D eigenvalue weighted by molar-refractivity contribution is 0.587. The largest absolute Gasteiger partial charge is 0.455 e. The molecule has 0 bridgehead atoms. The SMILES string of the molecule is CC(C)(C)c1ccc(-c2ccccc2)c(-c2oc(-c3ccccc3-c3ccccc3)c3ccccc23)c1. The van der Waals surface area contributed by atoms with Gasteiger partial charge in [0.25, 0.3) is 0 Å². The van der Waals surface area contributed by atoms with Crippen molar-refractivity contribution < 1.29 is 4.42 Å². The molecular weight excluding hydrogens is 448 g/mol. The quantitative estimate of drug-likeness (QED) is 0.246. The van der Waals surface area contributed by atoms with E-state index in [0.29, 0.717) is 0 Å².